The summed E-state index contributed by atoms with van der Waals surface area (Å²) in [6.45, 7) is 5.01. The van der Waals surface area contributed by atoms with Crippen molar-refractivity contribution in [1.82, 2.24) is 4.90 Å². The summed E-state index contributed by atoms with van der Waals surface area (Å²) in [4.78, 5) is 2.64. The van der Waals surface area contributed by atoms with Crippen molar-refractivity contribution in [2.24, 2.45) is 0 Å². The zero-order valence-electron chi connectivity index (χ0n) is 11.0. The van der Waals surface area contributed by atoms with Crippen LogP contribution in [-0.4, -0.2) is 30.2 Å². The molecule has 2 nitrogen and oxygen atoms in total. The van der Waals surface area contributed by atoms with Crippen LogP contribution in [0.15, 0.2) is 42.0 Å². The average Bonchev–Trinajstić information content (AvgIpc) is 2.39. The van der Waals surface area contributed by atoms with E-state index in [1.54, 1.807) is 5.57 Å². The van der Waals surface area contributed by atoms with Gasteiger partial charge in [-0.2, -0.15) is 0 Å². The largest absolute Gasteiger partial charge is 0.378 e. The summed E-state index contributed by atoms with van der Waals surface area (Å²) in [5, 5.41) is 0. The summed E-state index contributed by atoms with van der Waals surface area (Å²) >= 11 is 0. The van der Waals surface area contributed by atoms with Crippen LogP contribution in [0.2, 0.25) is 0 Å². The Morgan fingerprint density at radius 1 is 1.17 bits per heavy atom. The van der Waals surface area contributed by atoms with Crippen molar-refractivity contribution < 1.29 is 4.74 Å². The lowest BCUT2D eigenvalue weighted by Crippen LogP contribution is -2.54. The van der Waals surface area contributed by atoms with Crippen LogP contribution in [0.3, 0.4) is 0 Å². The quantitative estimate of drug-likeness (QED) is 0.740. The van der Waals surface area contributed by atoms with E-state index in [9.17, 15) is 0 Å². The molecule has 0 aromatic heterocycles. The molecule has 2 aliphatic heterocycles. The van der Waals surface area contributed by atoms with Gasteiger partial charge in [0.25, 0.3) is 0 Å². The molecule has 0 amide bonds. The molecule has 18 heavy (non-hydrogen) atoms. The zero-order valence-corrected chi connectivity index (χ0v) is 11.0. The third-order valence-electron chi connectivity index (χ3n) is 4.17. The third kappa shape index (κ3) is 2.36. The number of allylic oxidation sites excluding steroid dienone is 1. The molecule has 0 spiro atoms. The monoisotopic (exact) mass is 243 g/mol. The lowest BCUT2D eigenvalue weighted by molar-refractivity contribution is -0.0656. The van der Waals surface area contributed by atoms with Gasteiger partial charge in [0.15, 0.2) is 0 Å². The van der Waals surface area contributed by atoms with E-state index in [1.165, 1.54) is 18.4 Å². The Morgan fingerprint density at radius 2 is 1.83 bits per heavy atom. The lowest BCUT2D eigenvalue weighted by atomic mass is 9.89. The van der Waals surface area contributed by atoms with Gasteiger partial charge >= 0.3 is 0 Å². The highest BCUT2D eigenvalue weighted by Gasteiger charge is 2.36. The third-order valence-corrected chi connectivity index (χ3v) is 4.17. The minimum atomic E-state index is 0.573. The number of morpholine rings is 1. The first-order valence-corrected chi connectivity index (χ1v) is 6.88. The van der Waals surface area contributed by atoms with Crippen molar-refractivity contribution >= 4 is 0 Å². The molecule has 0 N–H and O–H groups in total. The average molecular weight is 243 g/mol. The van der Waals surface area contributed by atoms with Crippen LogP contribution in [0, 0.1) is 0 Å². The van der Waals surface area contributed by atoms with Gasteiger partial charge in [-0.15, -0.1) is 0 Å². The van der Waals surface area contributed by atoms with Gasteiger partial charge in [-0.05, 0) is 25.3 Å². The molecule has 2 aliphatic rings. The van der Waals surface area contributed by atoms with E-state index in [2.05, 4.69) is 48.2 Å². The maximum Gasteiger partial charge on any atom is 0.0626 e. The molecule has 1 aromatic carbocycles. The van der Waals surface area contributed by atoms with Gasteiger partial charge in [0.05, 0.1) is 13.2 Å². The fraction of sp³-hybridized carbons (Fsp3) is 0.500. The van der Waals surface area contributed by atoms with E-state index >= 15 is 0 Å². The molecular formula is C16H21NO. The fourth-order valence-electron chi connectivity index (χ4n) is 3.16. The number of hydrogen-bond acceptors (Lipinski definition) is 2. The molecule has 96 valence electrons. The predicted octanol–water partition coefficient (Wildman–Crippen LogP) is 3.00. The Hall–Kier alpha value is -1.12. The number of hydrogen-bond donors (Lipinski definition) is 0. The molecule has 2 heterocycles. The second kappa shape index (κ2) is 5.25. The van der Waals surface area contributed by atoms with Crippen molar-refractivity contribution in [2.75, 3.05) is 13.2 Å². The molecule has 2 unspecified atom stereocenters. The second-order valence-corrected chi connectivity index (χ2v) is 5.36. The first-order valence-electron chi connectivity index (χ1n) is 6.88. The Morgan fingerprint density at radius 3 is 2.44 bits per heavy atom. The van der Waals surface area contributed by atoms with E-state index in [4.69, 9.17) is 4.74 Å². The summed E-state index contributed by atoms with van der Waals surface area (Å²) in [6.07, 6.45) is 4.66. The van der Waals surface area contributed by atoms with Gasteiger partial charge in [0.1, 0.15) is 0 Å². The van der Waals surface area contributed by atoms with Crippen molar-refractivity contribution in [1.29, 1.82) is 0 Å². The highest BCUT2D eigenvalue weighted by Crippen LogP contribution is 2.32. The minimum Gasteiger partial charge on any atom is -0.378 e. The van der Waals surface area contributed by atoms with Crippen LogP contribution in [0.4, 0.5) is 0 Å². The number of fused-ring (bicyclic) bond motifs is 2. The highest BCUT2D eigenvalue weighted by molar-refractivity contribution is 5.17. The Labute approximate surface area is 109 Å². The standard InChI is InChI=1S/C16H21NO/c1-2-13-8-15-11-18-12-16(9-13)17(15)10-14-6-4-3-5-7-14/h2-7,15-16H,8-12H2,1H3. The van der Waals surface area contributed by atoms with Crippen LogP contribution in [0.5, 0.6) is 0 Å². The molecular weight excluding hydrogens is 222 g/mol. The lowest BCUT2D eigenvalue weighted by Gasteiger charge is -2.46. The molecule has 2 atom stereocenters. The van der Waals surface area contributed by atoms with E-state index in [0.717, 1.165) is 19.8 Å². The molecule has 2 fully saturated rings. The minimum absolute atomic E-state index is 0.573. The number of nitrogens with zero attached hydrogens (tertiary/aromatic N) is 1. The zero-order chi connectivity index (χ0) is 12.4. The van der Waals surface area contributed by atoms with Crippen molar-refractivity contribution in [3.63, 3.8) is 0 Å². The fourth-order valence-corrected chi connectivity index (χ4v) is 3.16. The van der Waals surface area contributed by atoms with Crippen LogP contribution < -0.4 is 0 Å². The predicted molar refractivity (Wildman–Crippen MR) is 73.4 cm³/mol. The van der Waals surface area contributed by atoms with E-state index in [0.29, 0.717) is 12.1 Å². The topological polar surface area (TPSA) is 12.5 Å². The molecule has 0 saturated carbocycles. The Balaban J connectivity index is 1.76. The molecule has 2 saturated heterocycles. The van der Waals surface area contributed by atoms with Gasteiger partial charge in [-0.25, -0.2) is 0 Å². The Bertz CT molecular complexity index is 410. The van der Waals surface area contributed by atoms with Crippen molar-refractivity contribution in [2.45, 2.75) is 38.4 Å². The van der Waals surface area contributed by atoms with Crippen LogP contribution in [0.1, 0.15) is 25.3 Å². The summed E-state index contributed by atoms with van der Waals surface area (Å²) in [7, 11) is 0. The second-order valence-electron chi connectivity index (χ2n) is 5.36. The van der Waals surface area contributed by atoms with Crippen molar-refractivity contribution in [3.8, 4) is 0 Å². The summed E-state index contributed by atoms with van der Waals surface area (Å²) in [5.74, 6) is 0. The van der Waals surface area contributed by atoms with Crippen LogP contribution in [-0.2, 0) is 11.3 Å². The van der Waals surface area contributed by atoms with Gasteiger partial charge < -0.3 is 4.74 Å². The SMILES string of the molecule is CC=C1CC2COCC(C1)N2Cc1ccccc1. The molecule has 2 bridgehead atoms. The number of piperidine rings is 1. The summed E-state index contributed by atoms with van der Waals surface area (Å²) < 4.78 is 5.73. The first-order chi connectivity index (χ1) is 8.86. The van der Waals surface area contributed by atoms with Gasteiger partial charge in [0, 0.05) is 18.6 Å². The molecule has 1 aromatic rings. The summed E-state index contributed by atoms with van der Waals surface area (Å²) in [6, 6.07) is 11.9. The van der Waals surface area contributed by atoms with Crippen LogP contribution in [0.25, 0.3) is 0 Å². The maximum atomic E-state index is 5.73. The van der Waals surface area contributed by atoms with Crippen LogP contribution >= 0.6 is 0 Å². The highest BCUT2D eigenvalue weighted by atomic mass is 16.5. The van der Waals surface area contributed by atoms with E-state index < -0.39 is 0 Å². The molecule has 0 radical (unpaired) electrons. The van der Waals surface area contributed by atoms with Gasteiger partial charge in [-0.1, -0.05) is 42.0 Å². The maximum absolute atomic E-state index is 5.73. The normalized spacial score (nSPS) is 28.2. The number of benzene rings is 1. The van der Waals surface area contributed by atoms with Gasteiger partial charge in [-0.3, -0.25) is 4.90 Å². The smallest absolute Gasteiger partial charge is 0.0626 e. The van der Waals surface area contributed by atoms with E-state index in [1.807, 2.05) is 0 Å². The molecule has 2 heteroatoms. The van der Waals surface area contributed by atoms with Crippen molar-refractivity contribution in [3.05, 3.63) is 47.5 Å². The molecule has 0 aliphatic carbocycles. The molecule has 3 rings (SSSR count). The first kappa shape index (κ1) is 11.9. The van der Waals surface area contributed by atoms with Gasteiger partial charge in [0.2, 0.25) is 0 Å². The summed E-state index contributed by atoms with van der Waals surface area (Å²) in [5.41, 5.74) is 3.02. The Kier molecular flexibility index (Phi) is 3.48. The van der Waals surface area contributed by atoms with E-state index in [-0.39, 0.29) is 0 Å². The number of rotatable bonds is 2. The number of ether oxygens (including phenoxy) is 1.